The van der Waals surface area contributed by atoms with Crippen LogP contribution in [0.1, 0.15) is 25.4 Å². The first-order valence-corrected chi connectivity index (χ1v) is 6.11. The molecule has 0 radical (unpaired) electrons. The third-order valence-electron chi connectivity index (χ3n) is 3.03. The SMILES string of the molecule is Cc1ccc(CN(C)C(=O)NC(C)C(C)C(=O)O)o1. The van der Waals surface area contributed by atoms with E-state index in [1.54, 1.807) is 20.9 Å². The van der Waals surface area contributed by atoms with Crippen molar-refractivity contribution in [3.63, 3.8) is 0 Å². The lowest BCUT2D eigenvalue weighted by Gasteiger charge is -2.22. The van der Waals surface area contributed by atoms with Crippen molar-refractivity contribution in [2.75, 3.05) is 7.05 Å². The number of carboxylic acids is 1. The van der Waals surface area contributed by atoms with Gasteiger partial charge in [0.05, 0.1) is 12.5 Å². The predicted octanol–water partition coefficient (Wildman–Crippen LogP) is 1.84. The van der Waals surface area contributed by atoms with Crippen LogP contribution in [0.15, 0.2) is 16.5 Å². The summed E-state index contributed by atoms with van der Waals surface area (Å²) in [6.45, 7) is 5.40. The van der Waals surface area contributed by atoms with Gasteiger partial charge in [0.25, 0.3) is 0 Å². The van der Waals surface area contributed by atoms with Gasteiger partial charge in [0.15, 0.2) is 0 Å². The average Bonchev–Trinajstić information content (AvgIpc) is 2.73. The summed E-state index contributed by atoms with van der Waals surface area (Å²) < 4.78 is 5.38. The number of hydrogen-bond acceptors (Lipinski definition) is 3. The largest absolute Gasteiger partial charge is 0.481 e. The van der Waals surface area contributed by atoms with E-state index >= 15 is 0 Å². The molecule has 1 aromatic heterocycles. The van der Waals surface area contributed by atoms with Crippen molar-refractivity contribution in [2.24, 2.45) is 5.92 Å². The summed E-state index contributed by atoms with van der Waals surface area (Å²) >= 11 is 0. The molecule has 0 spiro atoms. The van der Waals surface area contributed by atoms with Crippen LogP contribution in [0.4, 0.5) is 4.79 Å². The van der Waals surface area contributed by atoms with Crippen molar-refractivity contribution in [1.29, 1.82) is 0 Å². The summed E-state index contributed by atoms with van der Waals surface area (Å²) in [7, 11) is 1.63. The molecule has 6 nitrogen and oxygen atoms in total. The molecule has 2 atom stereocenters. The Labute approximate surface area is 112 Å². The van der Waals surface area contributed by atoms with Crippen LogP contribution in [0.2, 0.25) is 0 Å². The van der Waals surface area contributed by atoms with Crippen LogP contribution in [0.3, 0.4) is 0 Å². The minimum Gasteiger partial charge on any atom is -0.481 e. The molecule has 2 amide bonds. The lowest BCUT2D eigenvalue weighted by molar-refractivity contribution is -0.141. The molecule has 0 aromatic carbocycles. The van der Waals surface area contributed by atoms with E-state index in [1.165, 1.54) is 4.90 Å². The maximum absolute atomic E-state index is 11.9. The Kier molecular flexibility index (Phi) is 4.97. The van der Waals surface area contributed by atoms with Crippen molar-refractivity contribution in [3.05, 3.63) is 23.7 Å². The van der Waals surface area contributed by atoms with Gasteiger partial charge in [-0.15, -0.1) is 0 Å². The summed E-state index contributed by atoms with van der Waals surface area (Å²) in [5.41, 5.74) is 0. The molecular weight excluding hydrogens is 248 g/mol. The third kappa shape index (κ3) is 4.31. The molecule has 106 valence electrons. The standard InChI is InChI=1S/C13H20N2O4/c1-8-5-6-11(19-8)7-15(4)13(18)14-10(3)9(2)12(16)17/h5-6,9-10H,7H2,1-4H3,(H,14,18)(H,16,17). The second kappa shape index (κ2) is 6.26. The summed E-state index contributed by atoms with van der Waals surface area (Å²) in [5, 5.41) is 11.5. The zero-order chi connectivity index (χ0) is 14.6. The van der Waals surface area contributed by atoms with Crippen LogP contribution in [0, 0.1) is 12.8 Å². The lowest BCUT2D eigenvalue weighted by Crippen LogP contribution is -2.45. The number of urea groups is 1. The molecule has 1 heterocycles. The van der Waals surface area contributed by atoms with Crippen LogP contribution < -0.4 is 5.32 Å². The Morgan fingerprint density at radius 3 is 2.53 bits per heavy atom. The molecular formula is C13H20N2O4. The summed E-state index contributed by atoms with van der Waals surface area (Å²) in [4.78, 5) is 24.1. The first kappa shape index (κ1) is 15.1. The number of aryl methyl sites for hydroxylation is 1. The van der Waals surface area contributed by atoms with E-state index < -0.39 is 17.9 Å². The molecule has 0 saturated carbocycles. The van der Waals surface area contributed by atoms with Crippen molar-refractivity contribution in [3.8, 4) is 0 Å². The number of furan rings is 1. The molecule has 6 heteroatoms. The van der Waals surface area contributed by atoms with Crippen molar-refractivity contribution >= 4 is 12.0 Å². The van der Waals surface area contributed by atoms with E-state index in [2.05, 4.69) is 5.32 Å². The average molecular weight is 268 g/mol. The van der Waals surface area contributed by atoms with Crippen LogP contribution in [0.5, 0.6) is 0 Å². The second-order valence-corrected chi connectivity index (χ2v) is 4.73. The van der Waals surface area contributed by atoms with Crippen molar-refractivity contribution in [2.45, 2.75) is 33.4 Å². The molecule has 1 rings (SSSR count). The number of hydrogen-bond donors (Lipinski definition) is 2. The number of aliphatic carboxylic acids is 1. The molecule has 2 unspecified atom stereocenters. The Hall–Kier alpha value is -1.98. The van der Waals surface area contributed by atoms with Gasteiger partial charge < -0.3 is 19.7 Å². The van der Waals surface area contributed by atoms with Gasteiger partial charge in [0, 0.05) is 13.1 Å². The molecule has 0 fully saturated rings. The molecule has 2 N–H and O–H groups in total. The second-order valence-electron chi connectivity index (χ2n) is 4.73. The van der Waals surface area contributed by atoms with E-state index in [9.17, 15) is 9.59 Å². The van der Waals surface area contributed by atoms with E-state index in [0.717, 1.165) is 5.76 Å². The van der Waals surface area contributed by atoms with Crippen LogP contribution in [-0.2, 0) is 11.3 Å². The maximum atomic E-state index is 11.9. The molecule has 0 aliphatic rings. The highest BCUT2D eigenvalue weighted by Gasteiger charge is 2.22. The molecule has 0 aliphatic carbocycles. The maximum Gasteiger partial charge on any atom is 0.317 e. The number of nitrogens with zero attached hydrogens (tertiary/aromatic N) is 1. The summed E-state index contributed by atoms with van der Waals surface area (Å²) in [5.74, 6) is -0.0916. The van der Waals surface area contributed by atoms with Gasteiger partial charge in [-0.2, -0.15) is 0 Å². The lowest BCUT2D eigenvalue weighted by atomic mass is 10.0. The predicted molar refractivity (Wildman–Crippen MR) is 69.7 cm³/mol. The molecule has 0 aliphatic heterocycles. The quantitative estimate of drug-likeness (QED) is 0.853. The minimum absolute atomic E-state index is 0.324. The molecule has 19 heavy (non-hydrogen) atoms. The normalized spacial score (nSPS) is 13.7. The first-order chi connectivity index (χ1) is 8.81. The van der Waals surface area contributed by atoms with Gasteiger partial charge in [0.1, 0.15) is 11.5 Å². The zero-order valence-corrected chi connectivity index (χ0v) is 11.6. The van der Waals surface area contributed by atoms with Crippen molar-refractivity contribution in [1.82, 2.24) is 10.2 Å². The highest BCUT2D eigenvalue weighted by molar-refractivity contribution is 5.76. The monoisotopic (exact) mass is 268 g/mol. The number of carbonyl (C=O) groups is 2. The molecule has 0 bridgehead atoms. The van der Waals surface area contributed by atoms with Gasteiger partial charge in [-0.05, 0) is 32.9 Å². The number of nitrogens with one attached hydrogen (secondary N) is 1. The first-order valence-electron chi connectivity index (χ1n) is 6.11. The zero-order valence-electron chi connectivity index (χ0n) is 11.6. The number of carboxylic acid groups (broad SMARTS) is 1. The molecule has 0 saturated heterocycles. The smallest absolute Gasteiger partial charge is 0.317 e. The van der Waals surface area contributed by atoms with E-state index in [1.807, 2.05) is 19.1 Å². The minimum atomic E-state index is -0.933. The highest BCUT2D eigenvalue weighted by Crippen LogP contribution is 2.09. The topological polar surface area (TPSA) is 82.8 Å². The van der Waals surface area contributed by atoms with Gasteiger partial charge >= 0.3 is 12.0 Å². The Bertz CT molecular complexity index is 455. The fourth-order valence-corrected chi connectivity index (χ4v) is 1.52. The Balaban J connectivity index is 2.51. The Morgan fingerprint density at radius 1 is 1.42 bits per heavy atom. The highest BCUT2D eigenvalue weighted by atomic mass is 16.4. The van der Waals surface area contributed by atoms with E-state index in [4.69, 9.17) is 9.52 Å². The number of carbonyl (C=O) groups excluding carboxylic acids is 1. The summed E-state index contributed by atoms with van der Waals surface area (Å²) in [6, 6.07) is 2.87. The van der Waals surface area contributed by atoms with Gasteiger partial charge in [-0.1, -0.05) is 0 Å². The van der Waals surface area contributed by atoms with Gasteiger partial charge in [-0.25, -0.2) is 4.79 Å². The fourth-order valence-electron chi connectivity index (χ4n) is 1.52. The van der Waals surface area contributed by atoms with Gasteiger partial charge in [-0.3, -0.25) is 4.79 Å². The van der Waals surface area contributed by atoms with Crippen LogP contribution in [-0.4, -0.2) is 35.1 Å². The number of rotatable bonds is 5. The Morgan fingerprint density at radius 2 is 2.05 bits per heavy atom. The molecule has 1 aromatic rings. The van der Waals surface area contributed by atoms with E-state index in [-0.39, 0.29) is 6.03 Å². The number of amides is 2. The van der Waals surface area contributed by atoms with Crippen molar-refractivity contribution < 1.29 is 19.1 Å². The van der Waals surface area contributed by atoms with E-state index in [0.29, 0.717) is 12.3 Å². The van der Waals surface area contributed by atoms with Crippen LogP contribution in [0.25, 0.3) is 0 Å². The van der Waals surface area contributed by atoms with Gasteiger partial charge in [0.2, 0.25) is 0 Å². The third-order valence-corrected chi connectivity index (χ3v) is 3.03. The summed E-state index contributed by atoms with van der Waals surface area (Å²) in [6.07, 6.45) is 0. The van der Waals surface area contributed by atoms with Crippen LogP contribution >= 0.6 is 0 Å². The fraction of sp³-hybridized carbons (Fsp3) is 0.538.